The van der Waals surface area contributed by atoms with Gasteiger partial charge in [0.2, 0.25) is 5.91 Å². The first kappa shape index (κ1) is 24.9. The number of anilines is 1. The van der Waals surface area contributed by atoms with E-state index in [2.05, 4.69) is 15.3 Å². The Morgan fingerprint density at radius 3 is 2.46 bits per heavy atom. The van der Waals surface area contributed by atoms with E-state index in [0.717, 1.165) is 6.07 Å². The maximum Gasteiger partial charge on any atom is 0.433 e. The zero-order valence-electron chi connectivity index (χ0n) is 20.1. The molecule has 11 heteroatoms. The number of pyridine rings is 2. The lowest BCUT2D eigenvalue weighted by Crippen LogP contribution is -2.52. The van der Waals surface area contributed by atoms with Crippen molar-refractivity contribution in [1.82, 2.24) is 24.4 Å². The summed E-state index contributed by atoms with van der Waals surface area (Å²) in [5, 5.41) is 3.33. The Labute approximate surface area is 201 Å². The van der Waals surface area contributed by atoms with Crippen molar-refractivity contribution in [3.05, 3.63) is 36.3 Å². The zero-order chi connectivity index (χ0) is 25.3. The van der Waals surface area contributed by atoms with Crippen molar-refractivity contribution in [3.8, 4) is 11.4 Å². The first-order chi connectivity index (χ1) is 16.6. The van der Waals surface area contributed by atoms with Gasteiger partial charge in [-0.3, -0.25) is 9.78 Å². The number of amides is 1. The van der Waals surface area contributed by atoms with Crippen LogP contribution >= 0.6 is 0 Å². The quantitative estimate of drug-likeness (QED) is 0.553. The maximum absolute atomic E-state index is 13.3. The number of alkyl halides is 3. The number of ether oxygens (including phenoxy) is 1. The number of aromatic nitrogens is 4. The van der Waals surface area contributed by atoms with Gasteiger partial charge in [0, 0.05) is 37.6 Å². The molecule has 1 saturated heterocycles. The maximum atomic E-state index is 13.3. The molecule has 3 aromatic heterocycles. The molecule has 1 N–H and O–H groups in total. The molecule has 4 rings (SSSR count). The van der Waals surface area contributed by atoms with Crippen molar-refractivity contribution in [3.63, 3.8) is 0 Å². The van der Waals surface area contributed by atoms with Crippen LogP contribution in [0.15, 0.2) is 30.6 Å². The van der Waals surface area contributed by atoms with Crippen LogP contribution in [0.4, 0.5) is 18.9 Å². The average Bonchev–Trinajstić information content (AvgIpc) is 3.20. The predicted octanol–water partition coefficient (Wildman–Crippen LogP) is 4.36. The second-order valence-electron chi connectivity index (χ2n) is 8.75. The van der Waals surface area contributed by atoms with Gasteiger partial charge in [0.25, 0.3) is 0 Å². The zero-order valence-corrected chi connectivity index (χ0v) is 20.1. The number of carbonyl (C=O) groups excluding carboxylic acids is 1. The summed E-state index contributed by atoms with van der Waals surface area (Å²) in [6.45, 7) is 9.31. The van der Waals surface area contributed by atoms with Crippen LogP contribution in [0.25, 0.3) is 22.6 Å². The number of carbonyl (C=O) groups is 1. The van der Waals surface area contributed by atoms with Crippen LogP contribution in [0, 0.1) is 0 Å². The number of hydrogen-bond acceptors (Lipinski definition) is 6. The van der Waals surface area contributed by atoms with Crippen LogP contribution in [-0.4, -0.2) is 61.7 Å². The van der Waals surface area contributed by atoms with Gasteiger partial charge in [-0.05, 0) is 45.4 Å². The molecule has 0 saturated carbocycles. The Morgan fingerprint density at radius 1 is 1.17 bits per heavy atom. The lowest BCUT2D eigenvalue weighted by atomic mass is 10.1. The van der Waals surface area contributed by atoms with E-state index in [0.29, 0.717) is 54.3 Å². The van der Waals surface area contributed by atoms with E-state index in [4.69, 9.17) is 9.72 Å². The van der Waals surface area contributed by atoms with E-state index >= 15 is 0 Å². The minimum atomic E-state index is -4.51. The third kappa shape index (κ3) is 5.09. The summed E-state index contributed by atoms with van der Waals surface area (Å²) < 4.78 is 46.4. The van der Waals surface area contributed by atoms with Crippen LogP contribution in [0.3, 0.4) is 0 Å². The first-order valence-corrected chi connectivity index (χ1v) is 11.7. The fraction of sp³-hybridized carbons (Fsp3) is 0.500. The highest BCUT2D eigenvalue weighted by Gasteiger charge is 2.33. The molecule has 8 nitrogen and oxygen atoms in total. The fourth-order valence-electron chi connectivity index (χ4n) is 4.45. The Balaban J connectivity index is 1.66. The number of aryl methyl sites for hydroxylation is 1. The van der Waals surface area contributed by atoms with E-state index < -0.39 is 17.9 Å². The molecule has 3 aromatic rings. The van der Waals surface area contributed by atoms with Crippen molar-refractivity contribution < 1.29 is 22.7 Å². The highest BCUT2D eigenvalue weighted by molar-refractivity contribution is 5.92. The average molecular weight is 491 g/mol. The summed E-state index contributed by atoms with van der Waals surface area (Å²) in [7, 11) is 0. The molecule has 1 unspecified atom stereocenters. The third-order valence-corrected chi connectivity index (χ3v) is 6.03. The van der Waals surface area contributed by atoms with E-state index in [9.17, 15) is 18.0 Å². The number of nitrogens with one attached hydrogen (secondary N) is 1. The molecular formula is C24H29F3N6O2. The monoisotopic (exact) mass is 490 g/mol. The van der Waals surface area contributed by atoms with Crippen molar-refractivity contribution in [2.45, 2.75) is 65.1 Å². The molecule has 0 aromatic carbocycles. The fourth-order valence-corrected chi connectivity index (χ4v) is 4.45. The molecule has 0 spiro atoms. The lowest BCUT2D eigenvalue weighted by molar-refractivity contribution is -0.144. The Morgan fingerprint density at radius 2 is 1.89 bits per heavy atom. The number of morpholine rings is 1. The van der Waals surface area contributed by atoms with Gasteiger partial charge in [0.1, 0.15) is 23.1 Å². The molecule has 1 fully saturated rings. The molecule has 1 aliphatic rings. The van der Waals surface area contributed by atoms with Gasteiger partial charge in [0.05, 0.1) is 17.9 Å². The van der Waals surface area contributed by atoms with Gasteiger partial charge in [-0.25, -0.2) is 9.97 Å². The van der Waals surface area contributed by atoms with E-state index in [1.807, 2.05) is 37.2 Å². The summed E-state index contributed by atoms with van der Waals surface area (Å²) in [5.41, 5.74) is 1.24. The van der Waals surface area contributed by atoms with Crippen LogP contribution < -0.4 is 5.32 Å². The first-order valence-electron chi connectivity index (χ1n) is 11.7. The van der Waals surface area contributed by atoms with Crippen molar-refractivity contribution in [2.24, 2.45) is 0 Å². The molecule has 1 amide bonds. The molecule has 0 aliphatic carbocycles. The standard InChI is InChI=1S/C24H29F3N6O2/c1-5-17(23(34)32-12-14(3)35-15(4)13-32)30-18-9-10-28-22-20(18)31-21(33(22)6-2)16-7-8-19(29-11-16)24(25,26)27/h7-11,14-15,17H,5-6,12-13H2,1-4H3,(H,28,30)/t14-,15+,17?. The number of nitrogens with zero attached hydrogens (tertiary/aromatic N) is 5. The molecule has 3 atom stereocenters. The third-order valence-electron chi connectivity index (χ3n) is 6.03. The predicted molar refractivity (Wildman–Crippen MR) is 126 cm³/mol. The summed E-state index contributed by atoms with van der Waals surface area (Å²) in [6.07, 6.45) is -1.22. The van der Waals surface area contributed by atoms with Crippen molar-refractivity contribution in [1.29, 1.82) is 0 Å². The second kappa shape index (κ2) is 9.80. The van der Waals surface area contributed by atoms with Gasteiger partial charge in [0.15, 0.2) is 5.65 Å². The number of halogens is 3. The Kier molecular flexibility index (Phi) is 6.98. The molecular weight excluding hydrogens is 461 g/mol. The van der Waals surface area contributed by atoms with Crippen LogP contribution in [-0.2, 0) is 22.3 Å². The van der Waals surface area contributed by atoms with Gasteiger partial charge < -0.3 is 19.5 Å². The molecule has 0 radical (unpaired) electrons. The Bertz CT molecular complexity index is 1180. The summed E-state index contributed by atoms with van der Waals surface area (Å²) >= 11 is 0. The topological polar surface area (TPSA) is 85.2 Å². The summed E-state index contributed by atoms with van der Waals surface area (Å²) in [6, 6.07) is 3.58. The van der Waals surface area contributed by atoms with Gasteiger partial charge in [-0.1, -0.05) is 6.92 Å². The van der Waals surface area contributed by atoms with E-state index in [-0.39, 0.29) is 18.1 Å². The smallest absolute Gasteiger partial charge is 0.372 e. The SMILES string of the molecule is CCC(Nc1ccnc2c1nc(-c1ccc(C(F)(F)F)nc1)n2CC)C(=O)N1C[C@@H](C)O[C@@H](C)C1. The van der Waals surface area contributed by atoms with Gasteiger partial charge in [-0.2, -0.15) is 13.2 Å². The highest BCUT2D eigenvalue weighted by Crippen LogP contribution is 2.31. The van der Waals surface area contributed by atoms with Crippen molar-refractivity contribution in [2.75, 3.05) is 18.4 Å². The van der Waals surface area contributed by atoms with E-state index in [1.54, 1.807) is 12.3 Å². The minimum Gasteiger partial charge on any atom is -0.372 e. The van der Waals surface area contributed by atoms with Crippen LogP contribution in [0.1, 0.15) is 39.8 Å². The van der Waals surface area contributed by atoms with Gasteiger partial charge >= 0.3 is 6.18 Å². The van der Waals surface area contributed by atoms with Crippen LogP contribution in [0.2, 0.25) is 0 Å². The number of hydrogen-bond donors (Lipinski definition) is 1. The number of rotatable bonds is 6. The highest BCUT2D eigenvalue weighted by atomic mass is 19.4. The molecule has 0 bridgehead atoms. The molecule has 1 aliphatic heterocycles. The largest absolute Gasteiger partial charge is 0.433 e. The van der Waals surface area contributed by atoms with E-state index in [1.165, 1.54) is 12.3 Å². The van der Waals surface area contributed by atoms with Crippen LogP contribution in [0.5, 0.6) is 0 Å². The van der Waals surface area contributed by atoms with Crippen molar-refractivity contribution >= 4 is 22.8 Å². The second-order valence-corrected chi connectivity index (χ2v) is 8.75. The Hall–Kier alpha value is -3.21. The number of fused-ring (bicyclic) bond motifs is 1. The molecule has 4 heterocycles. The normalized spacial score (nSPS) is 19.7. The summed E-state index contributed by atoms with van der Waals surface area (Å²) in [4.78, 5) is 27.8. The minimum absolute atomic E-state index is 0.0125. The number of imidazole rings is 1. The lowest BCUT2D eigenvalue weighted by Gasteiger charge is -2.37. The molecule has 188 valence electrons. The van der Waals surface area contributed by atoms with Gasteiger partial charge in [-0.15, -0.1) is 0 Å². The summed E-state index contributed by atoms with van der Waals surface area (Å²) in [5.74, 6) is 0.447. The molecule has 35 heavy (non-hydrogen) atoms.